The summed E-state index contributed by atoms with van der Waals surface area (Å²) in [6.45, 7) is 9.60. The number of hydrogen-bond acceptors (Lipinski definition) is 5. The molecule has 0 spiro atoms. The largest absolute Gasteiger partial charge is 0.379 e. The molecule has 2 N–H and O–H groups in total. The summed E-state index contributed by atoms with van der Waals surface area (Å²) in [5, 5.41) is 3.23. The minimum absolute atomic E-state index is 0.0978. The van der Waals surface area contributed by atoms with Crippen LogP contribution in [0, 0.1) is 0 Å². The van der Waals surface area contributed by atoms with Gasteiger partial charge in [-0.1, -0.05) is 13.8 Å². The van der Waals surface area contributed by atoms with Crippen molar-refractivity contribution in [2.45, 2.75) is 26.2 Å². The van der Waals surface area contributed by atoms with Gasteiger partial charge in [-0.25, -0.2) is 4.98 Å². The third kappa shape index (κ3) is 4.61. The predicted octanol–water partition coefficient (Wildman–Crippen LogP) is 1.03. The number of hydrogen-bond donors (Lipinski definition) is 2. The summed E-state index contributed by atoms with van der Waals surface area (Å²) in [5.74, 6) is 1.62. The molecule has 0 saturated carbocycles. The number of morpholine rings is 1. The van der Waals surface area contributed by atoms with Gasteiger partial charge in [-0.05, 0) is 13.0 Å². The van der Waals surface area contributed by atoms with E-state index in [9.17, 15) is 4.79 Å². The lowest BCUT2D eigenvalue weighted by atomic mass is 10.2. The van der Waals surface area contributed by atoms with E-state index in [1.165, 1.54) is 6.07 Å². The molecule has 1 aliphatic heterocycles. The summed E-state index contributed by atoms with van der Waals surface area (Å²) in [7, 11) is 0. The van der Waals surface area contributed by atoms with E-state index in [-0.39, 0.29) is 11.5 Å². The number of ether oxygens (including phenoxy) is 1. The first-order valence-corrected chi connectivity index (χ1v) is 7.30. The zero-order valence-corrected chi connectivity index (χ0v) is 12.3. The second-order valence-corrected chi connectivity index (χ2v) is 5.40. The Balaban J connectivity index is 1.77. The molecule has 20 heavy (non-hydrogen) atoms. The highest BCUT2D eigenvalue weighted by Gasteiger charge is 2.09. The Kier molecular flexibility index (Phi) is 5.55. The van der Waals surface area contributed by atoms with Gasteiger partial charge in [0.1, 0.15) is 11.6 Å². The number of nitrogens with one attached hydrogen (secondary N) is 2. The van der Waals surface area contributed by atoms with E-state index < -0.39 is 0 Å². The van der Waals surface area contributed by atoms with Crippen molar-refractivity contribution in [1.82, 2.24) is 14.9 Å². The van der Waals surface area contributed by atoms with Crippen LogP contribution in [0.4, 0.5) is 5.82 Å². The van der Waals surface area contributed by atoms with E-state index in [0.717, 1.165) is 51.6 Å². The average Bonchev–Trinajstić information content (AvgIpc) is 2.44. The molecule has 6 nitrogen and oxygen atoms in total. The Morgan fingerprint density at radius 3 is 2.90 bits per heavy atom. The maximum Gasteiger partial charge on any atom is 0.252 e. The second-order valence-electron chi connectivity index (χ2n) is 5.40. The van der Waals surface area contributed by atoms with E-state index in [2.05, 4.69) is 20.2 Å². The quantitative estimate of drug-likeness (QED) is 0.762. The normalized spacial score (nSPS) is 16.6. The van der Waals surface area contributed by atoms with Crippen LogP contribution in [0.5, 0.6) is 0 Å². The number of H-pyrrole nitrogens is 1. The monoisotopic (exact) mass is 280 g/mol. The van der Waals surface area contributed by atoms with Crippen LogP contribution in [0.2, 0.25) is 0 Å². The minimum Gasteiger partial charge on any atom is -0.379 e. The van der Waals surface area contributed by atoms with Crippen LogP contribution >= 0.6 is 0 Å². The van der Waals surface area contributed by atoms with Crippen LogP contribution in [-0.2, 0) is 4.74 Å². The average molecular weight is 280 g/mol. The van der Waals surface area contributed by atoms with Crippen molar-refractivity contribution in [2.24, 2.45) is 0 Å². The summed E-state index contributed by atoms with van der Waals surface area (Å²) in [6.07, 6.45) is 1.03. The molecule has 0 aliphatic carbocycles. The SMILES string of the molecule is CC(C)c1nc(NCCCN2CCOCC2)cc(=O)[nH]1. The summed E-state index contributed by atoms with van der Waals surface area (Å²) in [6, 6.07) is 1.51. The van der Waals surface area contributed by atoms with E-state index in [1.807, 2.05) is 13.8 Å². The van der Waals surface area contributed by atoms with Crippen LogP contribution in [0.1, 0.15) is 32.0 Å². The van der Waals surface area contributed by atoms with Crippen LogP contribution in [0.3, 0.4) is 0 Å². The van der Waals surface area contributed by atoms with Crippen LogP contribution < -0.4 is 10.9 Å². The van der Waals surface area contributed by atoms with Gasteiger partial charge in [0, 0.05) is 31.6 Å². The van der Waals surface area contributed by atoms with Gasteiger partial charge in [0.05, 0.1) is 13.2 Å². The highest BCUT2D eigenvalue weighted by atomic mass is 16.5. The summed E-state index contributed by atoms with van der Waals surface area (Å²) < 4.78 is 5.32. The van der Waals surface area contributed by atoms with Gasteiger partial charge in [0.15, 0.2) is 0 Å². The number of anilines is 1. The molecule has 0 amide bonds. The molecular weight excluding hydrogens is 256 g/mol. The lowest BCUT2D eigenvalue weighted by molar-refractivity contribution is 0.0378. The first-order valence-electron chi connectivity index (χ1n) is 7.30. The minimum atomic E-state index is -0.0978. The molecule has 0 unspecified atom stereocenters. The molecular formula is C14H24N4O2. The van der Waals surface area contributed by atoms with Gasteiger partial charge >= 0.3 is 0 Å². The van der Waals surface area contributed by atoms with Crippen molar-refractivity contribution in [3.05, 3.63) is 22.2 Å². The van der Waals surface area contributed by atoms with Crippen molar-refractivity contribution < 1.29 is 4.74 Å². The Labute approximate surface area is 119 Å². The molecule has 2 rings (SSSR count). The third-order valence-corrected chi connectivity index (χ3v) is 3.37. The summed E-state index contributed by atoms with van der Waals surface area (Å²) >= 11 is 0. The number of rotatable bonds is 6. The van der Waals surface area contributed by atoms with Gasteiger partial charge in [-0.2, -0.15) is 0 Å². The van der Waals surface area contributed by atoms with Crippen LogP contribution in [-0.4, -0.2) is 54.3 Å². The number of aromatic nitrogens is 2. The van der Waals surface area contributed by atoms with Crippen molar-refractivity contribution >= 4 is 5.82 Å². The standard InChI is InChI=1S/C14H24N4O2/c1-11(2)14-16-12(10-13(19)17-14)15-4-3-5-18-6-8-20-9-7-18/h10-11H,3-9H2,1-2H3,(H2,15,16,17,19). The molecule has 0 aromatic carbocycles. The van der Waals surface area contributed by atoms with Crippen molar-refractivity contribution in [3.63, 3.8) is 0 Å². The Morgan fingerprint density at radius 2 is 2.20 bits per heavy atom. The Hall–Kier alpha value is -1.40. The van der Waals surface area contributed by atoms with Gasteiger partial charge < -0.3 is 15.0 Å². The molecule has 112 valence electrons. The van der Waals surface area contributed by atoms with Crippen LogP contribution in [0.25, 0.3) is 0 Å². The summed E-state index contributed by atoms with van der Waals surface area (Å²) in [4.78, 5) is 21.1. The third-order valence-electron chi connectivity index (χ3n) is 3.37. The maximum absolute atomic E-state index is 11.5. The molecule has 0 radical (unpaired) electrons. The molecule has 0 bridgehead atoms. The fraction of sp³-hybridized carbons (Fsp3) is 0.714. The zero-order chi connectivity index (χ0) is 14.4. The second kappa shape index (κ2) is 7.40. The maximum atomic E-state index is 11.5. The van der Waals surface area contributed by atoms with E-state index in [1.54, 1.807) is 0 Å². The lowest BCUT2D eigenvalue weighted by Crippen LogP contribution is -2.37. The van der Waals surface area contributed by atoms with E-state index >= 15 is 0 Å². The zero-order valence-electron chi connectivity index (χ0n) is 12.3. The molecule has 6 heteroatoms. The van der Waals surface area contributed by atoms with Gasteiger partial charge in [0.25, 0.3) is 5.56 Å². The Morgan fingerprint density at radius 1 is 1.45 bits per heavy atom. The first kappa shape index (κ1) is 15.0. The number of nitrogens with zero attached hydrogens (tertiary/aromatic N) is 2. The van der Waals surface area contributed by atoms with Crippen molar-refractivity contribution in [3.8, 4) is 0 Å². The summed E-state index contributed by atoms with van der Waals surface area (Å²) in [5.41, 5.74) is -0.0978. The molecule has 1 saturated heterocycles. The van der Waals surface area contributed by atoms with E-state index in [0.29, 0.717) is 5.82 Å². The predicted molar refractivity (Wildman–Crippen MR) is 79.3 cm³/mol. The fourth-order valence-electron chi connectivity index (χ4n) is 2.18. The molecule has 1 aromatic heterocycles. The fourth-order valence-corrected chi connectivity index (χ4v) is 2.18. The van der Waals surface area contributed by atoms with Crippen molar-refractivity contribution in [2.75, 3.05) is 44.7 Å². The van der Waals surface area contributed by atoms with Gasteiger partial charge in [0.2, 0.25) is 0 Å². The first-order chi connectivity index (χ1) is 9.65. The molecule has 1 aromatic rings. The molecule has 2 heterocycles. The molecule has 1 aliphatic rings. The lowest BCUT2D eigenvalue weighted by Gasteiger charge is -2.26. The smallest absolute Gasteiger partial charge is 0.252 e. The topological polar surface area (TPSA) is 70.2 Å². The highest BCUT2D eigenvalue weighted by Crippen LogP contribution is 2.09. The van der Waals surface area contributed by atoms with Gasteiger partial charge in [-0.15, -0.1) is 0 Å². The van der Waals surface area contributed by atoms with E-state index in [4.69, 9.17) is 4.74 Å². The van der Waals surface area contributed by atoms with Gasteiger partial charge in [-0.3, -0.25) is 9.69 Å². The number of aromatic amines is 1. The van der Waals surface area contributed by atoms with Crippen molar-refractivity contribution in [1.29, 1.82) is 0 Å². The Bertz CT molecular complexity index is 466. The highest BCUT2D eigenvalue weighted by molar-refractivity contribution is 5.33. The molecule has 0 atom stereocenters. The molecule has 1 fully saturated rings. The van der Waals surface area contributed by atoms with Crippen LogP contribution in [0.15, 0.2) is 10.9 Å².